The van der Waals surface area contributed by atoms with Gasteiger partial charge in [0.25, 0.3) is 0 Å². The van der Waals surface area contributed by atoms with Crippen molar-refractivity contribution in [1.82, 2.24) is 24.6 Å². The van der Waals surface area contributed by atoms with Crippen molar-refractivity contribution in [1.29, 1.82) is 0 Å². The van der Waals surface area contributed by atoms with Gasteiger partial charge in [-0.3, -0.25) is 19.3 Å². The number of halogens is 2. The minimum Gasteiger partial charge on any atom is -0.491 e. The van der Waals surface area contributed by atoms with Crippen molar-refractivity contribution >= 4 is 92.9 Å². The molecule has 4 N–H and O–H groups in total. The molecule has 2 aromatic heterocycles. The quantitative estimate of drug-likeness (QED) is 0.0734. The second kappa shape index (κ2) is 16.4. The first-order valence-corrected chi connectivity index (χ1v) is 17.0. The molecule has 1 atom stereocenters. The summed E-state index contributed by atoms with van der Waals surface area (Å²) in [4.78, 5) is 46.9. The van der Waals surface area contributed by atoms with Crippen molar-refractivity contribution in [2.24, 2.45) is 0 Å². The molecule has 14 nitrogen and oxygen atoms in total. The van der Waals surface area contributed by atoms with Crippen LogP contribution in [-0.2, 0) is 25.7 Å². The molecule has 254 valence electrons. The molecule has 0 aliphatic carbocycles. The number of carbonyl (C=O) groups excluding carboxylic acids is 1. The molecular formula is C29H29ClFN7O7S3. The highest BCUT2D eigenvalue weighted by atomic mass is 35.5. The number of aliphatic carboxylic acids is 2. The van der Waals surface area contributed by atoms with E-state index < -0.39 is 35.3 Å². The fourth-order valence-corrected chi connectivity index (χ4v) is 7.30. The standard InChI is InChI=1S/C29H29ClFN7O7S3/c30-18-10-16(2-3-19(18)31)34-26-17-11-21(22(12-20(17)32-15-33-26)45-7-1-4-37-5-8-44-9-6-37)35-24(39)14-38-29(46)48-28(36-38)47-23(27(42)43)13-25(40)41/h2-3,10-12,15,23H,1,4-9,13-14H2,(H,35,39)(H,40,41)(H,42,43)(H,32,33,34). The average molecular weight is 738 g/mol. The fourth-order valence-electron chi connectivity index (χ4n) is 4.63. The van der Waals surface area contributed by atoms with Crippen LogP contribution in [0.5, 0.6) is 5.75 Å². The molecule has 1 unspecified atom stereocenters. The van der Waals surface area contributed by atoms with Crippen LogP contribution in [-0.4, -0.2) is 97.4 Å². The topological polar surface area (TPSA) is 181 Å². The Kier molecular flexibility index (Phi) is 12.1. The number of ether oxygens (including phenoxy) is 2. The Morgan fingerprint density at radius 1 is 1.19 bits per heavy atom. The van der Waals surface area contributed by atoms with Crippen LogP contribution in [0.25, 0.3) is 10.9 Å². The highest BCUT2D eigenvalue weighted by molar-refractivity contribution is 8.02. The summed E-state index contributed by atoms with van der Waals surface area (Å²) in [6.07, 6.45) is 1.47. The third-order valence-corrected chi connectivity index (χ3v) is 9.80. The lowest BCUT2D eigenvalue weighted by molar-refractivity contribution is -0.142. The number of morpholine rings is 1. The summed E-state index contributed by atoms with van der Waals surface area (Å²) in [6.45, 7) is 3.92. The predicted molar refractivity (Wildman–Crippen MR) is 181 cm³/mol. The molecule has 1 amide bonds. The maximum atomic E-state index is 13.8. The molecule has 5 rings (SSSR count). The van der Waals surface area contributed by atoms with Gasteiger partial charge in [-0.1, -0.05) is 34.7 Å². The smallest absolute Gasteiger partial charge is 0.317 e. The van der Waals surface area contributed by atoms with Crippen molar-refractivity contribution in [2.45, 2.75) is 29.0 Å². The third-order valence-electron chi connectivity index (χ3n) is 6.93. The summed E-state index contributed by atoms with van der Waals surface area (Å²) in [6, 6.07) is 7.49. The number of thioether (sulfide) groups is 1. The zero-order chi connectivity index (χ0) is 34.2. The van der Waals surface area contributed by atoms with Crippen LogP contribution in [0.4, 0.5) is 21.6 Å². The minimum absolute atomic E-state index is 0.0679. The molecule has 1 aliphatic heterocycles. The van der Waals surface area contributed by atoms with E-state index in [4.69, 9.17) is 38.4 Å². The summed E-state index contributed by atoms with van der Waals surface area (Å²) in [5, 5.41) is 27.8. The number of carboxylic acids is 2. The molecule has 0 bridgehead atoms. The number of hydrogen-bond donors (Lipinski definition) is 4. The fraction of sp³-hybridized carbons (Fsp3) is 0.345. The molecule has 1 aliphatic rings. The highest BCUT2D eigenvalue weighted by Crippen LogP contribution is 2.34. The molecule has 48 heavy (non-hydrogen) atoms. The zero-order valence-electron chi connectivity index (χ0n) is 25.1. The summed E-state index contributed by atoms with van der Waals surface area (Å²) in [5.74, 6) is -2.91. The molecule has 4 aromatic rings. The van der Waals surface area contributed by atoms with Crippen LogP contribution in [0, 0.1) is 9.77 Å². The molecule has 1 saturated heterocycles. The number of anilines is 3. The van der Waals surface area contributed by atoms with E-state index in [0.29, 0.717) is 53.7 Å². The maximum absolute atomic E-state index is 13.8. The number of nitrogens with one attached hydrogen (secondary N) is 2. The number of hydrogen-bond acceptors (Lipinski definition) is 13. The second-order valence-electron chi connectivity index (χ2n) is 10.4. The molecule has 1 fully saturated rings. The molecular weight excluding hydrogens is 709 g/mol. The first-order chi connectivity index (χ1) is 23.0. The Bertz CT molecular complexity index is 1870. The van der Waals surface area contributed by atoms with E-state index in [2.05, 4.69) is 30.6 Å². The van der Waals surface area contributed by atoms with Crippen LogP contribution in [0.15, 0.2) is 41.0 Å². The monoisotopic (exact) mass is 737 g/mol. The number of aromatic nitrogens is 4. The van der Waals surface area contributed by atoms with Crippen LogP contribution in [0.3, 0.4) is 0 Å². The van der Waals surface area contributed by atoms with Gasteiger partial charge >= 0.3 is 11.9 Å². The molecule has 0 spiro atoms. The van der Waals surface area contributed by atoms with Gasteiger partial charge < -0.3 is 30.3 Å². The molecule has 3 heterocycles. The average Bonchev–Trinajstić information content (AvgIpc) is 3.39. The Hall–Kier alpha value is -3.94. The third kappa shape index (κ3) is 9.57. The van der Waals surface area contributed by atoms with Crippen molar-refractivity contribution in [3.63, 3.8) is 0 Å². The van der Waals surface area contributed by atoms with Crippen molar-refractivity contribution in [3.05, 3.63) is 51.5 Å². The number of carboxylic acid groups (broad SMARTS) is 2. The van der Waals surface area contributed by atoms with Crippen LogP contribution in [0.1, 0.15) is 12.8 Å². The number of fused-ring (bicyclic) bond motifs is 1. The van der Waals surface area contributed by atoms with Gasteiger partial charge in [0.05, 0.1) is 42.5 Å². The zero-order valence-corrected chi connectivity index (χ0v) is 28.3. The van der Waals surface area contributed by atoms with E-state index in [0.717, 1.165) is 49.2 Å². The SMILES string of the molecule is O=C(O)CC(Sc1nn(CC(=O)Nc2cc3c(Nc4ccc(F)c(Cl)c4)ncnc3cc2OCCCN2CCOCC2)c(=S)s1)C(=O)O. The maximum Gasteiger partial charge on any atom is 0.317 e. The van der Waals surface area contributed by atoms with Gasteiger partial charge in [0, 0.05) is 36.8 Å². The number of rotatable bonds is 15. The lowest BCUT2D eigenvalue weighted by Gasteiger charge is -2.26. The van der Waals surface area contributed by atoms with Gasteiger partial charge in [0.15, 0.2) is 8.29 Å². The second-order valence-corrected chi connectivity index (χ2v) is 13.9. The van der Waals surface area contributed by atoms with E-state index in [1.54, 1.807) is 12.1 Å². The van der Waals surface area contributed by atoms with Crippen LogP contribution in [0.2, 0.25) is 5.02 Å². The number of carbonyl (C=O) groups is 3. The minimum atomic E-state index is -1.30. The van der Waals surface area contributed by atoms with Gasteiger partial charge in [0.2, 0.25) is 5.91 Å². The molecule has 0 radical (unpaired) electrons. The van der Waals surface area contributed by atoms with E-state index in [1.165, 1.54) is 29.2 Å². The van der Waals surface area contributed by atoms with Gasteiger partial charge in [-0.2, -0.15) is 5.10 Å². The first-order valence-electron chi connectivity index (χ1n) is 14.5. The first kappa shape index (κ1) is 35.4. The van der Waals surface area contributed by atoms with Crippen molar-refractivity contribution in [2.75, 3.05) is 50.1 Å². The Labute approximate surface area is 291 Å². The van der Waals surface area contributed by atoms with E-state index in [1.807, 2.05) is 0 Å². The number of benzene rings is 2. The lowest BCUT2D eigenvalue weighted by atomic mass is 10.1. The van der Waals surface area contributed by atoms with Crippen molar-refractivity contribution in [3.8, 4) is 5.75 Å². The summed E-state index contributed by atoms with van der Waals surface area (Å²) < 4.78 is 26.9. The summed E-state index contributed by atoms with van der Waals surface area (Å²) in [7, 11) is 0. The molecule has 0 saturated carbocycles. The molecule has 19 heteroatoms. The Balaban J connectivity index is 1.37. The number of amides is 1. The number of nitrogens with zero attached hydrogens (tertiary/aromatic N) is 5. The Morgan fingerprint density at radius 3 is 2.71 bits per heavy atom. The summed E-state index contributed by atoms with van der Waals surface area (Å²) >= 11 is 13.0. The van der Waals surface area contributed by atoms with Gasteiger partial charge in [-0.05, 0) is 42.9 Å². The van der Waals surface area contributed by atoms with Crippen LogP contribution >= 0.6 is 46.9 Å². The van der Waals surface area contributed by atoms with E-state index >= 15 is 0 Å². The van der Waals surface area contributed by atoms with Gasteiger partial charge in [-0.15, -0.1) is 0 Å². The largest absolute Gasteiger partial charge is 0.491 e. The normalized spacial score (nSPS) is 14.0. The lowest BCUT2D eigenvalue weighted by Crippen LogP contribution is -2.37. The van der Waals surface area contributed by atoms with E-state index in [-0.39, 0.29) is 19.9 Å². The highest BCUT2D eigenvalue weighted by Gasteiger charge is 2.25. The van der Waals surface area contributed by atoms with Gasteiger partial charge in [0.1, 0.15) is 35.5 Å². The summed E-state index contributed by atoms with van der Waals surface area (Å²) in [5.41, 5.74) is 1.31. The molecule has 2 aromatic carbocycles. The Morgan fingerprint density at radius 2 is 1.98 bits per heavy atom. The van der Waals surface area contributed by atoms with Crippen LogP contribution < -0.4 is 15.4 Å². The van der Waals surface area contributed by atoms with E-state index in [9.17, 15) is 23.9 Å². The van der Waals surface area contributed by atoms with Gasteiger partial charge in [-0.25, -0.2) is 19.0 Å². The predicted octanol–water partition coefficient (Wildman–Crippen LogP) is 4.91. The van der Waals surface area contributed by atoms with Crippen molar-refractivity contribution < 1.29 is 38.5 Å².